The average Bonchev–Trinajstić information content (AvgIpc) is 2.77. The summed E-state index contributed by atoms with van der Waals surface area (Å²) in [6.45, 7) is 0.958. The number of methoxy groups -OCH3 is 1. The van der Waals surface area contributed by atoms with E-state index in [2.05, 4.69) is 15.6 Å². The number of carbonyl (C=O) groups is 1. The van der Waals surface area contributed by atoms with Crippen LogP contribution < -0.4 is 20.1 Å². The van der Waals surface area contributed by atoms with E-state index in [1.165, 1.54) is 0 Å². The molecule has 0 fully saturated rings. The van der Waals surface area contributed by atoms with E-state index >= 15 is 0 Å². The maximum atomic E-state index is 12.4. The maximum absolute atomic E-state index is 12.4. The van der Waals surface area contributed by atoms with Crippen LogP contribution in [0.2, 0.25) is 0 Å². The van der Waals surface area contributed by atoms with Crippen LogP contribution in [0.1, 0.15) is 15.9 Å². The highest BCUT2D eigenvalue weighted by Gasteiger charge is 2.08. The molecule has 2 aromatic carbocycles. The first-order chi connectivity index (χ1) is 14.2. The molecule has 3 aromatic rings. The van der Waals surface area contributed by atoms with Gasteiger partial charge in [-0.15, -0.1) is 0 Å². The lowest BCUT2D eigenvalue weighted by molar-refractivity contribution is 0.102. The zero-order valence-corrected chi connectivity index (χ0v) is 15.9. The Morgan fingerprint density at radius 3 is 2.66 bits per heavy atom. The van der Waals surface area contributed by atoms with Crippen molar-refractivity contribution in [2.75, 3.05) is 30.9 Å². The second-order valence-electron chi connectivity index (χ2n) is 6.03. The van der Waals surface area contributed by atoms with Crippen molar-refractivity contribution < 1.29 is 14.3 Å². The molecule has 1 aromatic heterocycles. The Kier molecular flexibility index (Phi) is 6.63. The SMILES string of the molecule is COc1ccc(OCCNc2cc(C(=O)Nc3cccc(C#N)c3)ccn2)cc1. The van der Waals surface area contributed by atoms with E-state index in [9.17, 15) is 4.79 Å². The van der Waals surface area contributed by atoms with Crippen LogP contribution in [-0.4, -0.2) is 31.2 Å². The number of benzene rings is 2. The number of hydrogen-bond acceptors (Lipinski definition) is 6. The first kappa shape index (κ1) is 19.7. The lowest BCUT2D eigenvalue weighted by atomic mass is 10.2. The molecule has 0 spiro atoms. The number of carbonyl (C=O) groups excluding carboxylic acids is 1. The van der Waals surface area contributed by atoms with Gasteiger partial charge in [0.2, 0.25) is 0 Å². The van der Waals surface area contributed by atoms with Gasteiger partial charge in [0.15, 0.2) is 0 Å². The molecule has 7 nitrogen and oxygen atoms in total. The number of nitriles is 1. The van der Waals surface area contributed by atoms with Crippen LogP contribution in [0.5, 0.6) is 11.5 Å². The lowest BCUT2D eigenvalue weighted by Crippen LogP contribution is -2.15. The predicted molar refractivity (Wildman–Crippen MR) is 110 cm³/mol. The molecule has 0 atom stereocenters. The van der Waals surface area contributed by atoms with Crippen molar-refractivity contribution >= 4 is 17.4 Å². The summed E-state index contributed by atoms with van der Waals surface area (Å²) in [5, 5.41) is 14.9. The Balaban J connectivity index is 1.52. The Morgan fingerprint density at radius 1 is 1.10 bits per heavy atom. The third kappa shape index (κ3) is 5.71. The fraction of sp³-hybridized carbons (Fsp3) is 0.136. The van der Waals surface area contributed by atoms with E-state index in [0.717, 1.165) is 11.5 Å². The molecule has 1 heterocycles. The third-order valence-electron chi connectivity index (χ3n) is 4.01. The molecule has 3 rings (SSSR count). The lowest BCUT2D eigenvalue weighted by Gasteiger charge is -2.10. The monoisotopic (exact) mass is 388 g/mol. The third-order valence-corrected chi connectivity index (χ3v) is 4.01. The van der Waals surface area contributed by atoms with Crippen molar-refractivity contribution in [2.24, 2.45) is 0 Å². The van der Waals surface area contributed by atoms with E-state index in [0.29, 0.717) is 35.8 Å². The van der Waals surface area contributed by atoms with Crippen LogP contribution in [0, 0.1) is 11.3 Å². The van der Waals surface area contributed by atoms with Crippen molar-refractivity contribution in [1.82, 2.24) is 4.98 Å². The minimum atomic E-state index is -0.278. The van der Waals surface area contributed by atoms with Gasteiger partial charge in [0, 0.05) is 17.4 Å². The van der Waals surface area contributed by atoms with Gasteiger partial charge in [-0.05, 0) is 54.6 Å². The van der Waals surface area contributed by atoms with E-state index in [4.69, 9.17) is 14.7 Å². The smallest absolute Gasteiger partial charge is 0.255 e. The largest absolute Gasteiger partial charge is 0.497 e. The van der Waals surface area contributed by atoms with Gasteiger partial charge in [0.1, 0.15) is 23.9 Å². The molecule has 7 heteroatoms. The molecule has 1 amide bonds. The van der Waals surface area contributed by atoms with Crippen LogP contribution in [0.3, 0.4) is 0 Å². The van der Waals surface area contributed by atoms with Crippen LogP contribution in [0.4, 0.5) is 11.5 Å². The van der Waals surface area contributed by atoms with E-state index in [-0.39, 0.29) is 5.91 Å². The Morgan fingerprint density at radius 2 is 1.90 bits per heavy atom. The van der Waals surface area contributed by atoms with Gasteiger partial charge in [-0.3, -0.25) is 4.79 Å². The normalized spacial score (nSPS) is 9.93. The first-order valence-corrected chi connectivity index (χ1v) is 8.96. The molecule has 0 radical (unpaired) electrons. The fourth-order valence-corrected chi connectivity index (χ4v) is 2.56. The zero-order valence-electron chi connectivity index (χ0n) is 15.9. The summed E-state index contributed by atoms with van der Waals surface area (Å²) >= 11 is 0. The first-order valence-electron chi connectivity index (χ1n) is 8.96. The molecule has 0 aliphatic heterocycles. The van der Waals surface area contributed by atoms with Gasteiger partial charge >= 0.3 is 0 Å². The van der Waals surface area contributed by atoms with Crippen LogP contribution in [-0.2, 0) is 0 Å². The minimum absolute atomic E-state index is 0.278. The number of rotatable bonds is 8. The van der Waals surface area contributed by atoms with Gasteiger partial charge < -0.3 is 20.1 Å². The fourth-order valence-electron chi connectivity index (χ4n) is 2.56. The van der Waals surface area contributed by atoms with Crippen molar-refractivity contribution in [3.05, 3.63) is 78.0 Å². The molecule has 0 unspecified atom stereocenters. The van der Waals surface area contributed by atoms with Crippen LogP contribution in [0.25, 0.3) is 0 Å². The molecule has 0 saturated heterocycles. The van der Waals surface area contributed by atoms with E-state index in [1.54, 1.807) is 49.7 Å². The molecular weight excluding hydrogens is 368 g/mol. The summed E-state index contributed by atoms with van der Waals surface area (Å²) in [5.74, 6) is 1.81. The molecule has 29 heavy (non-hydrogen) atoms. The molecule has 0 saturated carbocycles. The number of hydrogen-bond donors (Lipinski definition) is 2. The van der Waals surface area contributed by atoms with Crippen molar-refractivity contribution in [3.8, 4) is 17.6 Å². The summed E-state index contributed by atoms with van der Waals surface area (Å²) in [6.07, 6.45) is 1.56. The average molecular weight is 388 g/mol. The van der Waals surface area contributed by atoms with Crippen LogP contribution >= 0.6 is 0 Å². The highest BCUT2D eigenvalue weighted by atomic mass is 16.5. The molecule has 0 bridgehead atoms. The standard InChI is InChI=1S/C22H20N4O3/c1-28-19-5-7-20(8-6-19)29-12-11-25-21-14-17(9-10-24-21)22(27)26-18-4-2-3-16(13-18)15-23/h2-10,13-14H,11-12H2,1H3,(H,24,25)(H,26,27). The molecule has 0 aliphatic carbocycles. The minimum Gasteiger partial charge on any atom is -0.497 e. The Labute approximate surface area is 168 Å². The number of anilines is 2. The second kappa shape index (κ2) is 9.76. The summed E-state index contributed by atoms with van der Waals surface area (Å²) in [5.41, 5.74) is 1.51. The van der Waals surface area contributed by atoms with E-state index in [1.807, 2.05) is 30.3 Å². The summed E-state index contributed by atoms with van der Waals surface area (Å²) in [7, 11) is 1.62. The van der Waals surface area contributed by atoms with E-state index < -0.39 is 0 Å². The number of amides is 1. The van der Waals surface area contributed by atoms with Gasteiger partial charge in [-0.25, -0.2) is 4.98 Å². The summed E-state index contributed by atoms with van der Waals surface area (Å²) in [6, 6.07) is 19.4. The summed E-state index contributed by atoms with van der Waals surface area (Å²) in [4.78, 5) is 16.7. The van der Waals surface area contributed by atoms with Crippen molar-refractivity contribution in [2.45, 2.75) is 0 Å². The predicted octanol–water partition coefficient (Wildman–Crippen LogP) is 3.71. The number of aromatic nitrogens is 1. The Hall–Kier alpha value is -4.05. The zero-order chi connectivity index (χ0) is 20.5. The quantitative estimate of drug-likeness (QED) is 0.571. The van der Waals surface area contributed by atoms with Gasteiger partial charge in [-0.1, -0.05) is 6.07 Å². The molecule has 2 N–H and O–H groups in total. The van der Waals surface area contributed by atoms with Crippen molar-refractivity contribution in [1.29, 1.82) is 5.26 Å². The summed E-state index contributed by atoms with van der Waals surface area (Å²) < 4.78 is 10.8. The van der Waals surface area contributed by atoms with Crippen molar-refractivity contribution in [3.63, 3.8) is 0 Å². The number of nitrogens with zero attached hydrogens (tertiary/aromatic N) is 2. The molecular formula is C22H20N4O3. The highest BCUT2D eigenvalue weighted by Crippen LogP contribution is 2.17. The second-order valence-corrected chi connectivity index (χ2v) is 6.03. The number of nitrogens with one attached hydrogen (secondary N) is 2. The Bertz CT molecular complexity index is 1010. The molecule has 146 valence electrons. The van der Waals surface area contributed by atoms with Gasteiger partial charge in [0.25, 0.3) is 5.91 Å². The maximum Gasteiger partial charge on any atom is 0.255 e. The van der Waals surface area contributed by atoms with Gasteiger partial charge in [-0.2, -0.15) is 5.26 Å². The molecule has 0 aliphatic rings. The topological polar surface area (TPSA) is 96.3 Å². The van der Waals surface area contributed by atoms with Crippen LogP contribution in [0.15, 0.2) is 66.9 Å². The number of pyridine rings is 1. The number of ether oxygens (including phenoxy) is 2. The highest BCUT2D eigenvalue weighted by molar-refractivity contribution is 6.04. The van der Waals surface area contributed by atoms with Gasteiger partial charge in [0.05, 0.1) is 25.3 Å².